The highest BCUT2D eigenvalue weighted by Crippen LogP contribution is 2.12. The van der Waals surface area contributed by atoms with Gasteiger partial charge in [0.1, 0.15) is 5.83 Å². The van der Waals surface area contributed by atoms with Gasteiger partial charge in [0.2, 0.25) is 6.04 Å². The fourth-order valence-electron chi connectivity index (χ4n) is 0.739. The number of allylic oxidation sites excluding steroid dienone is 2. The predicted octanol–water partition coefficient (Wildman–Crippen LogP) is 1.44. The molecule has 0 radical (unpaired) electrons. The molecule has 0 saturated carbocycles. The molecule has 0 aromatic heterocycles. The molecule has 0 aliphatic heterocycles. The van der Waals surface area contributed by atoms with Gasteiger partial charge >= 0.3 is 0 Å². The molecule has 1 aliphatic carbocycles. The van der Waals surface area contributed by atoms with Gasteiger partial charge in [0.05, 0.1) is 0 Å². The first-order chi connectivity index (χ1) is 4.70. The van der Waals surface area contributed by atoms with Crippen LogP contribution in [-0.4, -0.2) is 11.0 Å². The number of hydrogen-bond donors (Lipinski definition) is 0. The Morgan fingerprint density at radius 1 is 1.80 bits per heavy atom. The fourth-order valence-corrected chi connectivity index (χ4v) is 0.739. The van der Waals surface area contributed by atoms with Crippen LogP contribution in [0.1, 0.15) is 6.42 Å². The van der Waals surface area contributed by atoms with Crippen molar-refractivity contribution < 1.29 is 9.31 Å². The zero-order valence-corrected chi connectivity index (χ0v) is 5.16. The van der Waals surface area contributed by atoms with Crippen molar-refractivity contribution in [2.45, 2.75) is 12.5 Å². The minimum absolute atomic E-state index is 0.162. The highest BCUT2D eigenvalue weighted by Gasteiger charge is 2.17. The van der Waals surface area contributed by atoms with Crippen LogP contribution in [0, 0.1) is 10.1 Å². The molecule has 0 saturated heterocycles. The van der Waals surface area contributed by atoms with E-state index in [0.717, 1.165) is 6.08 Å². The molecular weight excluding hydrogens is 137 g/mol. The molecule has 1 atom stereocenters. The maximum atomic E-state index is 12.2. The normalized spacial score (nSPS) is 24.1. The van der Waals surface area contributed by atoms with E-state index >= 15 is 0 Å². The molecule has 3 nitrogen and oxygen atoms in total. The zero-order chi connectivity index (χ0) is 7.56. The Morgan fingerprint density at radius 3 is 2.90 bits per heavy atom. The van der Waals surface area contributed by atoms with Gasteiger partial charge in [-0.25, -0.2) is 4.39 Å². The minimum atomic E-state index is -0.737. The maximum absolute atomic E-state index is 12.2. The first kappa shape index (κ1) is 6.92. The molecule has 0 heterocycles. The van der Waals surface area contributed by atoms with Crippen LogP contribution in [-0.2, 0) is 0 Å². The minimum Gasteiger partial charge on any atom is -0.264 e. The third kappa shape index (κ3) is 1.40. The molecule has 0 amide bonds. The quantitative estimate of drug-likeness (QED) is 0.411. The summed E-state index contributed by atoms with van der Waals surface area (Å²) in [6.07, 6.45) is 3.76. The second kappa shape index (κ2) is 2.60. The van der Waals surface area contributed by atoms with E-state index in [4.69, 9.17) is 0 Å². The van der Waals surface area contributed by atoms with E-state index in [0.29, 0.717) is 0 Å². The van der Waals surface area contributed by atoms with Crippen LogP contribution in [0.2, 0.25) is 0 Å². The lowest BCUT2D eigenvalue weighted by Gasteiger charge is -2.03. The van der Waals surface area contributed by atoms with E-state index in [2.05, 4.69) is 0 Å². The van der Waals surface area contributed by atoms with Gasteiger partial charge < -0.3 is 0 Å². The first-order valence-electron chi connectivity index (χ1n) is 2.87. The molecule has 0 fully saturated rings. The average Bonchev–Trinajstić information content (AvgIpc) is 1.88. The average molecular weight is 143 g/mol. The Morgan fingerprint density at radius 2 is 2.50 bits per heavy atom. The molecule has 0 aromatic rings. The van der Waals surface area contributed by atoms with Gasteiger partial charge in [0.15, 0.2) is 0 Å². The van der Waals surface area contributed by atoms with E-state index in [9.17, 15) is 14.5 Å². The van der Waals surface area contributed by atoms with E-state index in [1.165, 1.54) is 12.2 Å². The highest BCUT2D eigenvalue weighted by molar-refractivity contribution is 5.17. The highest BCUT2D eigenvalue weighted by atomic mass is 19.1. The Kier molecular flexibility index (Phi) is 1.80. The molecule has 4 heteroatoms. The topological polar surface area (TPSA) is 43.1 Å². The third-order valence-corrected chi connectivity index (χ3v) is 1.30. The summed E-state index contributed by atoms with van der Waals surface area (Å²) in [5, 5.41) is 10.1. The lowest BCUT2D eigenvalue weighted by atomic mass is 10.1. The Labute approximate surface area is 57.0 Å². The molecule has 10 heavy (non-hydrogen) atoms. The van der Waals surface area contributed by atoms with Gasteiger partial charge in [-0.2, -0.15) is 0 Å². The fraction of sp³-hybridized carbons (Fsp3) is 0.333. The smallest absolute Gasteiger partial charge is 0.235 e. The van der Waals surface area contributed by atoms with E-state index in [-0.39, 0.29) is 6.42 Å². The molecule has 1 unspecified atom stereocenters. The monoisotopic (exact) mass is 143 g/mol. The van der Waals surface area contributed by atoms with E-state index in [1.54, 1.807) is 0 Å². The van der Waals surface area contributed by atoms with Crippen molar-refractivity contribution in [2.75, 3.05) is 0 Å². The molecule has 1 rings (SSSR count). The van der Waals surface area contributed by atoms with Crippen molar-refractivity contribution >= 4 is 0 Å². The van der Waals surface area contributed by atoms with Crippen LogP contribution in [0.25, 0.3) is 0 Å². The summed E-state index contributed by atoms with van der Waals surface area (Å²) >= 11 is 0. The number of halogens is 1. The van der Waals surface area contributed by atoms with Crippen LogP contribution in [0.3, 0.4) is 0 Å². The zero-order valence-electron chi connectivity index (χ0n) is 5.16. The van der Waals surface area contributed by atoms with Crippen LogP contribution < -0.4 is 0 Å². The summed E-state index contributed by atoms with van der Waals surface area (Å²) in [7, 11) is 0. The molecule has 0 aromatic carbocycles. The van der Waals surface area contributed by atoms with Gasteiger partial charge in [0.25, 0.3) is 0 Å². The number of rotatable bonds is 1. The van der Waals surface area contributed by atoms with Crippen molar-refractivity contribution in [1.82, 2.24) is 0 Å². The van der Waals surface area contributed by atoms with Crippen LogP contribution >= 0.6 is 0 Å². The molecule has 0 N–H and O–H groups in total. The van der Waals surface area contributed by atoms with Crippen molar-refractivity contribution in [3.63, 3.8) is 0 Å². The van der Waals surface area contributed by atoms with Crippen molar-refractivity contribution in [3.8, 4) is 0 Å². The summed E-state index contributed by atoms with van der Waals surface area (Å²) in [4.78, 5) is 9.63. The summed E-state index contributed by atoms with van der Waals surface area (Å²) in [6.45, 7) is 0. The largest absolute Gasteiger partial charge is 0.264 e. The molecule has 0 spiro atoms. The van der Waals surface area contributed by atoms with Crippen molar-refractivity contribution in [1.29, 1.82) is 0 Å². The first-order valence-corrected chi connectivity index (χ1v) is 2.87. The Balaban J connectivity index is 2.60. The van der Waals surface area contributed by atoms with E-state index in [1.807, 2.05) is 0 Å². The Hall–Kier alpha value is -1.19. The van der Waals surface area contributed by atoms with Crippen LogP contribution in [0.4, 0.5) is 4.39 Å². The number of nitro groups is 1. The van der Waals surface area contributed by atoms with Crippen LogP contribution in [0.15, 0.2) is 24.1 Å². The van der Waals surface area contributed by atoms with Gasteiger partial charge in [-0.3, -0.25) is 10.1 Å². The van der Waals surface area contributed by atoms with E-state index < -0.39 is 16.8 Å². The number of hydrogen-bond acceptors (Lipinski definition) is 2. The third-order valence-electron chi connectivity index (χ3n) is 1.30. The lowest BCUT2D eigenvalue weighted by Crippen LogP contribution is -2.16. The molecule has 1 aliphatic rings. The van der Waals surface area contributed by atoms with Crippen molar-refractivity contribution in [2.24, 2.45) is 0 Å². The van der Waals surface area contributed by atoms with Gasteiger partial charge in [0, 0.05) is 11.3 Å². The van der Waals surface area contributed by atoms with Gasteiger partial charge in [-0.05, 0) is 18.2 Å². The standard InChI is InChI=1S/C6H6FNO2/c7-5-1-3-6(4-2-5)8(9)10/h1-3,6H,4H2. The molecular formula is C6H6FNO2. The summed E-state index contributed by atoms with van der Waals surface area (Å²) in [6, 6.07) is -0.737. The maximum Gasteiger partial charge on any atom is 0.235 e. The second-order valence-electron chi connectivity index (χ2n) is 2.04. The number of nitrogens with zero attached hydrogens (tertiary/aromatic N) is 1. The van der Waals surface area contributed by atoms with Crippen LogP contribution in [0.5, 0.6) is 0 Å². The Bertz CT molecular complexity index is 210. The summed E-state index contributed by atoms with van der Waals surface area (Å²) in [5.41, 5.74) is 0. The summed E-state index contributed by atoms with van der Waals surface area (Å²) < 4.78 is 12.2. The SMILES string of the molecule is O=[N+]([O-])C1C=CC(F)=CC1. The summed E-state index contributed by atoms with van der Waals surface area (Å²) in [5.74, 6) is -0.391. The molecule has 54 valence electrons. The molecule has 0 bridgehead atoms. The lowest BCUT2D eigenvalue weighted by molar-refractivity contribution is -0.508. The van der Waals surface area contributed by atoms with Gasteiger partial charge in [-0.1, -0.05) is 0 Å². The van der Waals surface area contributed by atoms with Gasteiger partial charge in [-0.15, -0.1) is 0 Å². The predicted molar refractivity (Wildman–Crippen MR) is 33.7 cm³/mol. The van der Waals surface area contributed by atoms with Crippen molar-refractivity contribution in [3.05, 3.63) is 34.2 Å². The second-order valence-corrected chi connectivity index (χ2v) is 2.04.